The maximum atomic E-state index is 11.5. The Morgan fingerprint density at radius 1 is 1.44 bits per heavy atom. The predicted molar refractivity (Wildman–Crippen MR) is 61.7 cm³/mol. The number of aryl methyl sites for hydroxylation is 1. The van der Waals surface area contributed by atoms with E-state index in [9.17, 15) is 4.79 Å². The third-order valence-electron chi connectivity index (χ3n) is 2.92. The number of urea groups is 1. The summed E-state index contributed by atoms with van der Waals surface area (Å²) in [7, 11) is 0. The second-order valence-corrected chi connectivity index (χ2v) is 3.98. The van der Waals surface area contributed by atoms with Gasteiger partial charge in [0.15, 0.2) is 0 Å². The number of furan rings is 1. The molecule has 0 radical (unpaired) electrons. The van der Waals surface area contributed by atoms with E-state index in [1.807, 2.05) is 25.1 Å². The van der Waals surface area contributed by atoms with Gasteiger partial charge in [0.25, 0.3) is 0 Å². The van der Waals surface area contributed by atoms with Crippen LogP contribution in [0.4, 0.5) is 10.5 Å². The van der Waals surface area contributed by atoms with Crippen molar-refractivity contribution in [2.75, 3.05) is 18.0 Å². The largest absolute Gasteiger partial charge is 0.464 e. The summed E-state index contributed by atoms with van der Waals surface area (Å²) in [6, 6.07) is 5.79. The lowest BCUT2D eigenvalue weighted by Gasteiger charge is -2.13. The molecule has 1 aromatic heterocycles. The molecule has 0 unspecified atom stereocenters. The zero-order valence-corrected chi connectivity index (χ0v) is 8.99. The molecule has 2 heterocycles. The fourth-order valence-corrected chi connectivity index (χ4v) is 2.03. The lowest BCUT2D eigenvalue weighted by molar-refractivity contribution is 0.252. The third-order valence-corrected chi connectivity index (χ3v) is 2.92. The Morgan fingerprint density at radius 3 is 3.06 bits per heavy atom. The highest BCUT2D eigenvalue weighted by Gasteiger charge is 2.21. The molecule has 0 aliphatic carbocycles. The average molecular weight is 216 g/mol. The number of nitrogens with zero attached hydrogens (tertiary/aromatic N) is 1. The molecule has 16 heavy (non-hydrogen) atoms. The summed E-state index contributed by atoms with van der Waals surface area (Å²) in [5, 5.41) is 3.85. The standard InChI is InChI=1S/C12H12N2O2/c1-8-7-16-11-3-2-9(6-10(8)11)14-5-4-13-12(14)15/h2-3,6-7H,4-5H2,1H3,(H,13,15). The zero-order valence-electron chi connectivity index (χ0n) is 8.99. The highest BCUT2D eigenvalue weighted by atomic mass is 16.3. The van der Waals surface area contributed by atoms with Crippen LogP contribution in [0.5, 0.6) is 0 Å². The van der Waals surface area contributed by atoms with E-state index >= 15 is 0 Å². The van der Waals surface area contributed by atoms with Crippen LogP contribution in [0.3, 0.4) is 0 Å². The van der Waals surface area contributed by atoms with E-state index in [-0.39, 0.29) is 6.03 Å². The van der Waals surface area contributed by atoms with Gasteiger partial charge in [-0.3, -0.25) is 4.90 Å². The van der Waals surface area contributed by atoms with Gasteiger partial charge in [0.1, 0.15) is 5.58 Å². The van der Waals surface area contributed by atoms with E-state index < -0.39 is 0 Å². The quantitative estimate of drug-likeness (QED) is 0.794. The molecule has 4 nitrogen and oxygen atoms in total. The summed E-state index contributed by atoms with van der Waals surface area (Å²) in [6.07, 6.45) is 1.73. The fraction of sp³-hybridized carbons (Fsp3) is 0.250. The molecule has 1 aliphatic rings. The molecular weight excluding hydrogens is 204 g/mol. The Labute approximate surface area is 92.8 Å². The Hall–Kier alpha value is -1.97. The number of hydrogen-bond donors (Lipinski definition) is 1. The lowest BCUT2D eigenvalue weighted by Crippen LogP contribution is -2.27. The first-order valence-corrected chi connectivity index (χ1v) is 5.29. The van der Waals surface area contributed by atoms with Crippen LogP contribution in [0.15, 0.2) is 28.9 Å². The van der Waals surface area contributed by atoms with Crippen LogP contribution in [0, 0.1) is 6.92 Å². The van der Waals surface area contributed by atoms with Crippen molar-refractivity contribution in [2.24, 2.45) is 0 Å². The second-order valence-electron chi connectivity index (χ2n) is 3.98. The fourth-order valence-electron chi connectivity index (χ4n) is 2.03. The Kier molecular flexibility index (Phi) is 1.89. The van der Waals surface area contributed by atoms with Crippen molar-refractivity contribution in [3.05, 3.63) is 30.0 Å². The lowest BCUT2D eigenvalue weighted by atomic mass is 10.1. The van der Waals surface area contributed by atoms with Crippen LogP contribution in [0.1, 0.15) is 5.56 Å². The van der Waals surface area contributed by atoms with Crippen LogP contribution < -0.4 is 10.2 Å². The molecule has 0 atom stereocenters. The summed E-state index contributed by atoms with van der Waals surface area (Å²) in [5.74, 6) is 0. The summed E-state index contributed by atoms with van der Waals surface area (Å²) < 4.78 is 5.37. The van der Waals surface area contributed by atoms with Gasteiger partial charge in [-0.1, -0.05) is 0 Å². The molecule has 1 aromatic carbocycles. The molecule has 1 fully saturated rings. The summed E-state index contributed by atoms with van der Waals surface area (Å²) in [6.45, 7) is 3.43. The van der Waals surface area contributed by atoms with Gasteiger partial charge in [0.05, 0.1) is 6.26 Å². The topological polar surface area (TPSA) is 45.5 Å². The number of benzene rings is 1. The number of hydrogen-bond acceptors (Lipinski definition) is 2. The van der Waals surface area contributed by atoms with Gasteiger partial charge in [-0.25, -0.2) is 4.79 Å². The minimum absolute atomic E-state index is 0.0273. The van der Waals surface area contributed by atoms with E-state index in [2.05, 4.69) is 5.32 Å². The van der Waals surface area contributed by atoms with Crippen molar-refractivity contribution >= 4 is 22.7 Å². The first-order valence-electron chi connectivity index (χ1n) is 5.29. The number of carbonyl (C=O) groups is 1. The van der Waals surface area contributed by atoms with Crippen molar-refractivity contribution in [2.45, 2.75) is 6.92 Å². The zero-order chi connectivity index (χ0) is 11.1. The second kappa shape index (κ2) is 3.27. The smallest absolute Gasteiger partial charge is 0.321 e. The van der Waals surface area contributed by atoms with Gasteiger partial charge in [-0.05, 0) is 30.7 Å². The summed E-state index contributed by atoms with van der Waals surface area (Å²) >= 11 is 0. The Morgan fingerprint density at radius 2 is 2.31 bits per heavy atom. The molecule has 2 amide bonds. The highest BCUT2D eigenvalue weighted by Crippen LogP contribution is 2.26. The van der Waals surface area contributed by atoms with E-state index in [0.717, 1.165) is 28.8 Å². The first-order chi connectivity index (χ1) is 7.75. The summed E-state index contributed by atoms with van der Waals surface area (Å²) in [5.41, 5.74) is 2.88. The van der Waals surface area contributed by atoms with Gasteiger partial charge in [-0.15, -0.1) is 0 Å². The van der Waals surface area contributed by atoms with Gasteiger partial charge < -0.3 is 9.73 Å². The van der Waals surface area contributed by atoms with E-state index in [4.69, 9.17) is 4.42 Å². The third kappa shape index (κ3) is 1.26. The summed E-state index contributed by atoms with van der Waals surface area (Å²) in [4.78, 5) is 13.3. The number of carbonyl (C=O) groups excluding carboxylic acids is 1. The number of rotatable bonds is 1. The van der Waals surface area contributed by atoms with Gasteiger partial charge in [-0.2, -0.15) is 0 Å². The normalized spacial score (nSPS) is 15.8. The van der Waals surface area contributed by atoms with Crippen LogP contribution in [-0.2, 0) is 0 Å². The molecule has 2 aromatic rings. The SMILES string of the molecule is Cc1coc2ccc(N3CCNC3=O)cc12. The van der Waals surface area contributed by atoms with Gasteiger partial charge in [0, 0.05) is 24.2 Å². The molecule has 0 spiro atoms. The van der Waals surface area contributed by atoms with Crippen molar-refractivity contribution < 1.29 is 9.21 Å². The molecule has 0 saturated carbocycles. The maximum absolute atomic E-state index is 11.5. The molecule has 0 bridgehead atoms. The van der Waals surface area contributed by atoms with E-state index in [1.54, 1.807) is 11.2 Å². The average Bonchev–Trinajstić information content (AvgIpc) is 2.86. The monoisotopic (exact) mass is 216 g/mol. The van der Waals surface area contributed by atoms with Crippen LogP contribution in [0.25, 0.3) is 11.0 Å². The molecule has 4 heteroatoms. The Balaban J connectivity index is 2.10. The minimum atomic E-state index is -0.0273. The number of amides is 2. The van der Waals surface area contributed by atoms with Gasteiger partial charge >= 0.3 is 6.03 Å². The van der Waals surface area contributed by atoms with Crippen molar-refractivity contribution in [1.29, 1.82) is 0 Å². The van der Waals surface area contributed by atoms with Crippen molar-refractivity contribution in [3.8, 4) is 0 Å². The molecule has 1 aliphatic heterocycles. The minimum Gasteiger partial charge on any atom is -0.464 e. The maximum Gasteiger partial charge on any atom is 0.321 e. The molecule has 3 rings (SSSR count). The molecule has 1 saturated heterocycles. The first kappa shape index (κ1) is 9.27. The van der Waals surface area contributed by atoms with E-state index in [0.29, 0.717) is 6.54 Å². The number of anilines is 1. The molecular formula is C12H12N2O2. The van der Waals surface area contributed by atoms with E-state index in [1.165, 1.54) is 0 Å². The van der Waals surface area contributed by atoms with Gasteiger partial charge in [0.2, 0.25) is 0 Å². The van der Waals surface area contributed by atoms with Crippen molar-refractivity contribution in [3.63, 3.8) is 0 Å². The molecule has 82 valence electrons. The number of fused-ring (bicyclic) bond motifs is 1. The van der Waals surface area contributed by atoms with Crippen LogP contribution in [-0.4, -0.2) is 19.1 Å². The van der Waals surface area contributed by atoms with Crippen LogP contribution in [0.2, 0.25) is 0 Å². The predicted octanol–water partition coefficient (Wildman–Crippen LogP) is 2.27. The molecule has 1 N–H and O–H groups in total. The van der Waals surface area contributed by atoms with Crippen LogP contribution >= 0.6 is 0 Å². The number of nitrogens with one attached hydrogen (secondary N) is 1. The highest BCUT2D eigenvalue weighted by molar-refractivity contribution is 5.96. The Bertz CT molecular complexity index is 559. The van der Waals surface area contributed by atoms with Crippen molar-refractivity contribution in [1.82, 2.24) is 5.32 Å².